The third-order valence-electron chi connectivity index (χ3n) is 4.24. The van der Waals surface area contributed by atoms with Gasteiger partial charge in [-0.3, -0.25) is 9.36 Å². The topological polar surface area (TPSA) is 65.4 Å². The minimum atomic E-state index is -0.0444. The van der Waals surface area contributed by atoms with Crippen molar-refractivity contribution in [3.63, 3.8) is 0 Å². The Morgan fingerprint density at radius 2 is 2.07 bits per heavy atom. The number of nitrogens with zero attached hydrogens (tertiary/aromatic N) is 2. The van der Waals surface area contributed by atoms with Gasteiger partial charge in [-0.25, -0.2) is 4.98 Å². The molecular weight excluding hydrogens is 362 g/mol. The van der Waals surface area contributed by atoms with Crippen molar-refractivity contribution in [2.75, 3.05) is 12.5 Å². The quantitative estimate of drug-likeness (QED) is 0.664. The molecule has 0 atom stereocenters. The zero-order valence-corrected chi connectivity index (χ0v) is 15.7. The third-order valence-corrected chi connectivity index (χ3v) is 5.21. The van der Waals surface area contributed by atoms with Crippen LogP contribution in [0.4, 0.5) is 0 Å². The Morgan fingerprint density at radius 1 is 1.22 bits per heavy atom. The molecule has 0 fully saturated rings. The van der Waals surface area contributed by atoms with Gasteiger partial charge in [-0.05, 0) is 36.2 Å². The molecule has 0 radical (unpaired) electrons. The maximum Gasteiger partial charge on any atom is 0.231 e. The molecule has 27 heavy (non-hydrogen) atoms. The molecule has 1 N–H and O–H groups in total. The molecule has 2 aromatic carbocycles. The fourth-order valence-electron chi connectivity index (χ4n) is 2.85. The summed E-state index contributed by atoms with van der Waals surface area (Å²) in [6.45, 7) is 2.75. The fraction of sp³-hybridized carbons (Fsp3) is 0.200. The third kappa shape index (κ3) is 3.93. The van der Waals surface area contributed by atoms with Crippen molar-refractivity contribution in [2.24, 2.45) is 0 Å². The number of ether oxygens (including phenoxy) is 2. The number of hydrogen-bond acceptors (Lipinski definition) is 5. The van der Waals surface area contributed by atoms with Crippen LogP contribution < -0.4 is 14.8 Å². The second-order valence-electron chi connectivity index (χ2n) is 6.12. The summed E-state index contributed by atoms with van der Waals surface area (Å²) >= 11 is 1.42. The highest BCUT2D eigenvalue weighted by molar-refractivity contribution is 7.99. The van der Waals surface area contributed by atoms with Gasteiger partial charge in [-0.1, -0.05) is 36.0 Å². The van der Waals surface area contributed by atoms with E-state index in [4.69, 9.17) is 9.47 Å². The first-order valence-electron chi connectivity index (χ1n) is 8.58. The Balaban J connectivity index is 1.34. The molecule has 0 saturated heterocycles. The van der Waals surface area contributed by atoms with Gasteiger partial charge in [0.1, 0.15) is 0 Å². The number of carbonyl (C=O) groups is 1. The highest BCUT2D eigenvalue weighted by Gasteiger charge is 2.14. The summed E-state index contributed by atoms with van der Waals surface area (Å²) < 4.78 is 12.7. The van der Waals surface area contributed by atoms with Crippen LogP contribution in [0.5, 0.6) is 11.5 Å². The van der Waals surface area contributed by atoms with Crippen molar-refractivity contribution in [3.05, 3.63) is 66.0 Å². The highest BCUT2D eigenvalue weighted by Crippen LogP contribution is 2.32. The van der Waals surface area contributed by atoms with E-state index in [1.165, 1.54) is 11.8 Å². The number of aromatic nitrogens is 2. The molecule has 7 heteroatoms. The predicted molar refractivity (Wildman–Crippen MR) is 103 cm³/mol. The second kappa shape index (κ2) is 7.75. The molecule has 2 heterocycles. The van der Waals surface area contributed by atoms with Crippen LogP contribution in [-0.4, -0.2) is 28.0 Å². The van der Waals surface area contributed by atoms with Gasteiger partial charge >= 0.3 is 0 Å². The molecule has 0 unspecified atom stereocenters. The van der Waals surface area contributed by atoms with Crippen molar-refractivity contribution in [3.8, 4) is 17.2 Å². The molecule has 1 aliphatic rings. The Morgan fingerprint density at radius 3 is 2.96 bits per heavy atom. The van der Waals surface area contributed by atoms with E-state index in [0.29, 0.717) is 12.3 Å². The van der Waals surface area contributed by atoms with Gasteiger partial charge in [0.2, 0.25) is 12.7 Å². The van der Waals surface area contributed by atoms with Crippen molar-refractivity contribution in [1.29, 1.82) is 0 Å². The van der Waals surface area contributed by atoms with Gasteiger partial charge < -0.3 is 14.8 Å². The van der Waals surface area contributed by atoms with Crippen molar-refractivity contribution in [1.82, 2.24) is 14.9 Å². The number of thioether (sulfide) groups is 1. The first kappa shape index (κ1) is 17.5. The number of aryl methyl sites for hydroxylation is 1. The second-order valence-corrected chi connectivity index (χ2v) is 7.06. The number of para-hydroxylation sites is 1. The molecule has 6 nitrogen and oxygen atoms in total. The lowest BCUT2D eigenvalue weighted by molar-refractivity contribution is -0.118. The highest BCUT2D eigenvalue weighted by atomic mass is 32.2. The Bertz CT molecular complexity index is 971. The van der Waals surface area contributed by atoms with E-state index in [1.54, 1.807) is 6.20 Å². The minimum Gasteiger partial charge on any atom is -0.454 e. The number of nitrogens with one attached hydrogen (secondary N) is 1. The van der Waals surface area contributed by atoms with Crippen LogP contribution in [0.25, 0.3) is 5.69 Å². The predicted octanol–water partition coefficient (Wildman–Crippen LogP) is 3.32. The molecule has 138 valence electrons. The summed E-state index contributed by atoms with van der Waals surface area (Å²) in [7, 11) is 0. The molecule has 3 aromatic rings. The standard InChI is InChI=1S/C20H19N3O3S/c1-14-4-2-3-5-16(14)23-9-8-21-20(23)27-12-19(24)22-11-15-6-7-17-18(10-15)26-13-25-17/h2-10H,11-13H2,1H3,(H,22,24). The molecule has 0 saturated carbocycles. The van der Waals surface area contributed by atoms with Crippen molar-refractivity contribution >= 4 is 17.7 Å². The van der Waals surface area contributed by atoms with Gasteiger partial charge in [-0.2, -0.15) is 0 Å². The number of amides is 1. The van der Waals surface area contributed by atoms with Crippen LogP contribution in [0.1, 0.15) is 11.1 Å². The van der Waals surface area contributed by atoms with E-state index in [1.807, 2.05) is 47.2 Å². The summed E-state index contributed by atoms with van der Waals surface area (Å²) in [6, 6.07) is 13.8. The number of fused-ring (bicyclic) bond motifs is 1. The van der Waals surface area contributed by atoms with E-state index in [-0.39, 0.29) is 12.7 Å². The lowest BCUT2D eigenvalue weighted by Gasteiger charge is -2.10. The summed E-state index contributed by atoms with van der Waals surface area (Å²) in [5.41, 5.74) is 3.20. The van der Waals surface area contributed by atoms with E-state index in [2.05, 4.69) is 23.3 Å². The molecule has 1 amide bonds. The van der Waals surface area contributed by atoms with Gasteiger partial charge in [0.05, 0.1) is 11.4 Å². The van der Waals surface area contributed by atoms with Gasteiger partial charge in [0.15, 0.2) is 16.7 Å². The van der Waals surface area contributed by atoms with Crippen LogP contribution in [0.3, 0.4) is 0 Å². The van der Waals surface area contributed by atoms with Crippen LogP contribution in [0, 0.1) is 6.92 Å². The summed E-state index contributed by atoms with van der Waals surface area (Å²) in [5.74, 6) is 1.71. The number of hydrogen-bond donors (Lipinski definition) is 1. The summed E-state index contributed by atoms with van der Waals surface area (Å²) in [5, 5.41) is 3.72. The normalized spacial score (nSPS) is 12.2. The van der Waals surface area contributed by atoms with E-state index in [9.17, 15) is 4.79 Å². The number of rotatable bonds is 6. The van der Waals surface area contributed by atoms with Crippen LogP contribution in [-0.2, 0) is 11.3 Å². The molecule has 4 rings (SSSR count). The Kier molecular flexibility index (Phi) is 5.02. The lowest BCUT2D eigenvalue weighted by Crippen LogP contribution is -2.24. The average Bonchev–Trinajstić information content (AvgIpc) is 3.33. The first-order valence-corrected chi connectivity index (χ1v) is 9.56. The van der Waals surface area contributed by atoms with E-state index in [0.717, 1.165) is 33.5 Å². The largest absolute Gasteiger partial charge is 0.454 e. The van der Waals surface area contributed by atoms with Crippen molar-refractivity contribution in [2.45, 2.75) is 18.6 Å². The minimum absolute atomic E-state index is 0.0444. The molecule has 0 aliphatic carbocycles. The zero-order chi connectivity index (χ0) is 18.6. The number of carbonyl (C=O) groups excluding carboxylic acids is 1. The summed E-state index contributed by atoms with van der Waals surface area (Å²) in [4.78, 5) is 16.6. The maximum absolute atomic E-state index is 12.2. The van der Waals surface area contributed by atoms with Crippen molar-refractivity contribution < 1.29 is 14.3 Å². The zero-order valence-electron chi connectivity index (χ0n) is 14.8. The Hall–Kier alpha value is -2.93. The maximum atomic E-state index is 12.2. The molecule has 0 bridgehead atoms. The van der Waals surface area contributed by atoms with Crippen LogP contribution in [0.15, 0.2) is 60.0 Å². The Labute approximate surface area is 161 Å². The SMILES string of the molecule is Cc1ccccc1-n1ccnc1SCC(=O)NCc1ccc2c(c1)OCO2. The smallest absolute Gasteiger partial charge is 0.231 e. The molecule has 0 spiro atoms. The fourth-order valence-corrected chi connectivity index (χ4v) is 3.64. The van der Waals surface area contributed by atoms with Gasteiger partial charge in [-0.15, -0.1) is 0 Å². The number of imidazole rings is 1. The molecule has 1 aromatic heterocycles. The lowest BCUT2D eigenvalue weighted by atomic mass is 10.2. The monoisotopic (exact) mass is 381 g/mol. The van der Waals surface area contributed by atoms with Crippen LogP contribution in [0.2, 0.25) is 0 Å². The molecule has 1 aliphatic heterocycles. The van der Waals surface area contributed by atoms with E-state index >= 15 is 0 Å². The molecular formula is C20H19N3O3S. The van der Waals surface area contributed by atoms with Gasteiger partial charge in [0.25, 0.3) is 0 Å². The first-order chi connectivity index (χ1) is 13.2. The number of benzene rings is 2. The van der Waals surface area contributed by atoms with Crippen LogP contribution >= 0.6 is 11.8 Å². The van der Waals surface area contributed by atoms with E-state index < -0.39 is 0 Å². The summed E-state index contributed by atoms with van der Waals surface area (Å²) in [6.07, 6.45) is 3.66. The average molecular weight is 381 g/mol. The van der Waals surface area contributed by atoms with Gasteiger partial charge in [0, 0.05) is 18.9 Å².